The van der Waals surface area contributed by atoms with E-state index in [2.05, 4.69) is 11.0 Å². The summed E-state index contributed by atoms with van der Waals surface area (Å²) in [4.78, 5) is 10.0. The van der Waals surface area contributed by atoms with Gasteiger partial charge in [0.25, 0.3) is 6.54 Å². The van der Waals surface area contributed by atoms with E-state index in [1.54, 1.807) is 0 Å². The first-order chi connectivity index (χ1) is 3.29. The van der Waals surface area contributed by atoms with Crippen LogP contribution < -0.4 is 16.1 Å². The first kappa shape index (κ1) is 4.51. The third kappa shape index (κ3) is 0.861. The number of carbonyl (C=O) groups excluding carboxylic acids is 1. The summed E-state index contributed by atoms with van der Waals surface area (Å²) >= 11 is 0. The molecular weight excluding hydrogens is 98.0 g/mol. The zero-order valence-corrected chi connectivity index (χ0v) is 3.39. The molecule has 1 aliphatic rings. The molecule has 39 valence electrons. The normalized spacial score (nSPS) is 30.4. The Morgan fingerprint density at radius 3 is 2.71 bits per heavy atom. The lowest BCUT2D eigenvalue weighted by atomic mass is 10.7. The number of carbonyl (C=O) groups is 1. The predicted octanol–water partition coefficient (Wildman–Crippen LogP) is -2.92. The molecule has 7 heavy (non-hydrogen) atoms. The molecule has 5 nitrogen and oxygen atoms in total. The number of hydrogen-bond acceptors (Lipinski definition) is 3. The average Bonchev–Trinajstić information content (AvgIpc) is 1.87. The van der Waals surface area contributed by atoms with Crippen LogP contribution >= 0.6 is 0 Å². The van der Waals surface area contributed by atoms with E-state index in [0.717, 1.165) is 6.54 Å². The Kier molecular flexibility index (Phi) is 0.935. The van der Waals surface area contributed by atoms with Gasteiger partial charge in [-0.1, -0.05) is 5.53 Å². The van der Waals surface area contributed by atoms with Crippen molar-refractivity contribution in [3.63, 3.8) is 0 Å². The molecule has 0 aromatic heterocycles. The molecule has 0 aromatic carbocycles. The topological polar surface area (TPSA) is 68.6 Å². The van der Waals surface area contributed by atoms with Gasteiger partial charge in [0.2, 0.25) is 0 Å². The van der Waals surface area contributed by atoms with Crippen LogP contribution in [-0.4, -0.2) is 5.91 Å². The van der Waals surface area contributed by atoms with E-state index in [0.29, 0.717) is 0 Å². The van der Waals surface area contributed by atoms with Gasteiger partial charge in [0, 0.05) is 0 Å². The van der Waals surface area contributed by atoms with E-state index in [1.165, 1.54) is 0 Å². The summed E-state index contributed by atoms with van der Waals surface area (Å²) in [7, 11) is 0. The van der Waals surface area contributed by atoms with Gasteiger partial charge in [-0.05, 0) is 0 Å². The van der Waals surface area contributed by atoms with Crippen molar-refractivity contribution in [2.45, 2.75) is 0 Å². The Bertz CT molecular complexity index is 92.9. The van der Waals surface area contributed by atoms with Crippen LogP contribution in [0.5, 0.6) is 0 Å². The Hall–Kier alpha value is -0.650. The van der Waals surface area contributed by atoms with Gasteiger partial charge in [0.05, 0.1) is 0 Å². The minimum absolute atomic E-state index is 0.384. The van der Waals surface area contributed by atoms with E-state index in [4.69, 9.17) is 0 Å². The van der Waals surface area contributed by atoms with Gasteiger partial charge in [-0.25, -0.2) is 5.43 Å². The highest BCUT2D eigenvalue weighted by atomic mass is 16.6. The molecule has 0 bridgehead atoms. The van der Waals surface area contributed by atoms with E-state index in [1.807, 2.05) is 0 Å². The van der Waals surface area contributed by atoms with Crippen LogP contribution in [0.25, 0.3) is 0 Å². The summed E-state index contributed by atoms with van der Waals surface area (Å²) in [6.07, 6.45) is 0. The lowest BCUT2D eigenvalue weighted by Gasteiger charge is -2.07. The third-order valence-corrected chi connectivity index (χ3v) is 0.571. The molecule has 0 saturated carbocycles. The molecule has 1 amide bonds. The van der Waals surface area contributed by atoms with Gasteiger partial charge in [-0.2, -0.15) is 0 Å². The highest BCUT2D eigenvalue weighted by molar-refractivity contribution is 5.82. The van der Waals surface area contributed by atoms with E-state index >= 15 is 0 Å². The standard InChI is InChI=1S/C2H4N3O2/c6-2-1-5(7)4-3-2/h1,4-5H,(H,3,6). The average molecular weight is 102 g/mol. The lowest BCUT2D eigenvalue weighted by Crippen LogP contribution is -3.10. The van der Waals surface area contributed by atoms with Gasteiger partial charge in [-0.15, -0.1) is 0 Å². The Balaban J connectivity index is 2.40. The second-order valence-corrected chi connectivity index (χ2v) is 1.12. The Labute approximate surface area is 39.8 Å². The Morgan fingerprint density at radius 1 is 1.86 bits per heavy atom. The summed E-state index contributed by atoms with van der Waals surface area (Å²) in [6.45, 7) is 0.944. The molecule has 1 unspecified atom stereocenters. The van der Waals surface area contributed by atoms with Crippen LogP contribution in [-0.2, 0) is 4.79 Å². The van der Waals surface area contributed by atoms with Crippen molar-refractivity contribution in [2.75, 3.05) is 0 Å². The van der Waals surface area contributed by atoms with Gasteiger partial charge in [0.1, 0.15) is 0 Å². The van der Waals surface area contributed by atoms with Crippen LogP contribution in [0.3, 0.4) is 0 Å². The summed E-state index contributed by atoms with van der Waals surface area (Å²) < 4.78 is 0. The fourth-order valence-corrected chi connectivity index (χ4v) is 0.314. The smallest absolute Gasteiger partial charge is 0.305 e. The first-order valence-electron chi connectivity index (χ1n) is 1.74. The summed E-state index contributed by atoms with van der Waals surface area (Å²) in [5.74, 6) is -0.384. The minimum Gasteiger partial charge on any atom is -0.611 e. The maximum Gasteiger partial charge on any atom is 0.305 e. The third-order valence-electron chi connectivity index (χ3n) is 0.571. The molecule has 1 heterocycles. The molecule has 1 saturated heterocycles. The molecule has 0 aliphatic carbocycles. The van der Waals surface area contributed by atoms with Crippen molar-refractivity contribution < 1.29 is 9.97 Å². The minimum atomic E-state index is -0.384. The fourth-order valence-electron chi connectivity index (χ4n) is 0.314. The fraction of sp³-hybridized carbons (Fsp3) is 0. The Morgan fingerprint density at radius 2 is 2.57 bits per heavy atom. The van der Waals surface area contributed by atoms with Crippen molar-refractivity contribution in [1.82, 2.24) is 11.0 Å². The molecule has 5 heteroatoms. The SMILES string of the molecule is O=C1[CH][NH+]([O-])NN1. The van der Waals surface area contributed by atoms with Crippen LogP contribution in [0.2, 0.25) is 0 Å². The van der Waals surface area contributed by atoms with Gasteiger partial charge in [0.15, 0.2) is 0 Å². The second-order valence-electron chi connectivity index (χ2n) is 1.12. The molecule has 1 atom stereocenters. The largest absolute Gasteiger partial charge is 0.611 e. The zero-order chi connectivity index (χ0) is 5.28. The molecule has 1 rings (SSSR count). The summed E-state index contributed by atoms with van der Waals surface area (Å²) in [5, 5.41) is 9.62. The summed E-state index contributed by atoms with van der Waals surface area (Å²) in [6, 6.07) is 0. The van der Waals surface area contributed by atoms with Crippen molar-refractivity contribution >= 4 is 5.91 Å². The quantitative estimate of drug-likeness (QED) is 0.287. The molecular formula is C2H4N3O2. The van der Waals surface area contributed by atoms with Crippen molar-refractivity contribution in [1.29, 1.82) is 0 Å². The van der Waals surface area contributed by atoms with E-state index in [9.17, 15) is 10.0 Å². The van der Waals surface area contributed by atoms with Gasteiger partial charge in [-0.3, -0.25) is 9.97 Å². The molecule has 0 spiro atoms. The maximum atomic E-state index is 10.0. The maximum absolute atomic E-state index is 10.0. The van der Waals surface area contributed by atoms with Crippen molar-refractivity contribution in [3.8, 4) is 0 Å². The molecule has 1 radical (unpaired) electrons. The van der Waals surface area contributed by atoms with Crippen LogP contribution in [0.4, 0.5) is 0 Å². The van der Waals surface area contributed by atoms with Crippen LogP contribution in [0.15, 0.2) is 0 Å². The molecule has 3 N–H and O–H groups in total. The van der Waals surface area contributed by atoms with Gasteiger partial charge < -0.3 is 5.21 Å². The van der Waals surface area contributed by atoms with E-state index < -0.39 is 0 Å². The monoisotopic (exact) mass is 102 g/mol. The first-order valence-corrected chi connectivity index (χ1v) is 1.74. The van der Waals surface area contributed by atoms with Crippen molar-refractivity contribution in [2.24, 2.45) is 0 Å². The second kappa shape index (κ2) is 1.45. The van der Waals surface area contributed by atoms with Crippen LogP contribution in [0, 0.1) is 11.8 Å². The highest BCUT2D eigenvalue weighted by Gasteiger charge is 2.15. The lowest BCUT2D eigenvalue weighted by molar-refractivity contribution is -0.854. The predicted molar refractivity (Wildman–Crippen MR) is 19.9 cm³/mol. The number of nitrogens with one attached hydrogen (secondary N) is 3. The van der Waals surface area contributed by atoms with Crippen molar-refractivity contribution in [3.05, 3.63) is 11.8 Å². The number of quaternary nitrogens is 1. The number of amides is 1. The van der Waals surface area contributed by atoms with Gasteiger partial charge >= 0.3 is 5.91 Å². The molecule has 1 fully saturated rings. The van der Waals surface area contributed by atoms with E-state index in [-0.39, 0.29) is 11.1 Å². The number of rotatable bonds is 0. The number of hydrogen-bond donors (Lipinski definition) is 3. The molecule has 0 aromatic rings. The number of hydroxylamine groups is 1. The number of hydrazine groups is 1. The zero-order valence-electron chi connectivity index (χ0n) is 3.39. The summed E-state index contributed by atoms with van der Waals surface area (Å²) in [5.41, 5.74) is 4.15. The molecule has 1 aliphatic heterocycles. The highest BCUT2D eigenvalue weighted by Crippen LogP contribution is 1.62. The van der Waals surface area contributed by atoms with Crippen LogP contribution in [0.1, 0.15) is 0 Å².